The molecular weight excluding hydrogens is 308 g/mol. The van der Waals surface area contributed by atoms with E-state index in [1.54, 1.807) is 25.3 Å². The van der Waals surface area contributed by atoms with Gasteiger partial charge in [-0.05, 0) is 37.1 Å². The monoisotopic (exact) mass is 330 g/mol. The van der Waals surface area contributed by atoms with Crippen molar-refractivity contribution in [3.05, 3.63) is 42.1 Å². The minimum Gasteiger partial charge on any atom is -0.493 e. The third-order valence-electron chi connectivity index (χ3n) is 3.68. The summed E-state index contributed by atoms with van der Waals surface area (Å²) in [6, 6.07) is 4.92. The molecule has 1 saturated heterocycles. The molecule has 1 fully saturated rings. The first-order chi connectivity index (χ1) is 11.5. The van der Waals surface area contributed by atoms with Gasteiger partial charge < -0.3 is 14.8 Å². The number of hydrogen-bond acceptors (Lipinski definition) is 4. The summed E-state index contributed by atoms with van der Waals surface area (Å²) in [6.45, 7) is 7.74. The molecule has 6 nitrogen and oxygen atoms in total. The van der Waals surface area contributed by atoms with E-state index >= 15 is 0 Å². The average molecular weight is 330 g/mol. The van der Waals surface area contributed by atoms with Crippen LogP contribution in [-0.2, 0) is 4.79 Å². The maximum atomic E-state index is 12.2. The molecule has 1 aromatic rings. The lowest BCUT2D eigenvalue weighted by Gasteiger charge is -2.15. The summed E-state index contributed by atoms with van der Waals surface area (Å²) in [7, 11) is 1.56. The van der Waals surface area contributed by atoms with E-state index in [4.69, 9.17) is 9.47 Å². The number of benzene rings is 1. The number of methoxy groups -OCH3 is 1. The molecule has 0 unspecified atom stereocenters. The number of urea groups is 1. The Morgan fingerprint density at radius 3 is 2.71 bits per heavy atom. The molecule has 1 aromatic carbocycles. The molecule has 128 valence electrons. The lowest BCUT2D eigenvalue weighted by atomic mass is 10.1. The number of carbonyl (C=O) groups is 2. The van der Waals surface area contributed by atoms with Crippen LogP contribution < -0.4 is 14.8 Å². The Kier molecular flexibility index (Phi) is 5.63. The number of ether oxygens (including phenoxy) is 2. The van der Waals surface area contributed by atoms with E-state index in [1.807, 2.05) is 19.9 Å². The minimum absolute atomic E-state index is 0.0752. The molecule has 6 heteroatoms. The van der Waals surface area contributed by atoms with E-state index in [9.17, 15) is 9.59 Å². The fourth-order valence-corrected chi connectivity index (χ4v) is 2.20. The SMILES string of the molecule is C=CCN1C(=O)N/C(=C/c2ccc(O[C@@H](C)CC)c(OC)c2)C1=O. The van der Waals surface area contributed by atoms with E-state index in [-0.39, 0.29) is 24.3 Å². The lowest BCUT2D eigenvalue weighted by molar-refractivity contribution is -0.122. The van der Waals surface area contributed by atoms with Crippen LogP contribution in [0.3, 0.4) is 0 Å². The summed E-state index contributed by atoms with van der Waals surface area (Å²) in [5.41, 5.74) is 0.951. The molecule has 1 heterocycles. The summed E-state index contributed by atoms with van der Waals surface area (Å²) >= 11 is 0. The van der Waals surface area contributed by atoms with Crippen LogP contribution in [0, 0.1) is 0 Å². The summed E-state index contributed by atoms with van der Waals surface area (Å²) in [6.07, 6.45) is 4.07. The van der Waals surface area contributed by atoms with Gasteiger partial charge in [0.2, 0.25) is 0 Å². The van der Waals surface area contributed by atoms with Crippen molar-refractivity contribution in [3.63, 3.8) is 0 Å². The molecule has 3 amide bonds. The Morgan fingerprint density at radius 2 is 2.08 bits per heavy atom. The van der Waals surface area contributed by atoms with Crippen LogP contribution in [0.1, 0.15) is 25.8 Å². The molecule has 0 spiro atoms. The van der Waals surface area contributed by atoms with Crippen LogP contribution >= 0.6 is 0 Å². The topological polar surface area (TPSA) is 67.9 Å². The summed E-state index contributed by atoms with van der Waals surface area (Å²) < 4.78 is 11.1. The van der Waals surface area contributed by atoms with Gasteiger partial charge in [-0.25, -0.2) is 4.79 Å². The van der Waals surface area contributed by atoms with Gasteiger partial charge in [0, 0.05) is 6.54 Å². The molecular formula is C18H22N2O4. The Hall–Kier alpha value is -2.76. The maximum Gasteiger partial charge on any atom is 0.329 e. The summed E-state index contributed by atoms with van der Waals surface area (Å²) in [5.74, 6) is 0.840. The minimum atomic E-state index is -0.449. The molecule has 1 N–H and O–H groups in total. The standard InChI is InChI=1S/C18H22N2O4/c1-5-9-20-17(21)14(19-18(20)22)10-13-7-8-15(16(11-13)23-4)24-12(3)6-2/h5,7-8,10-12H,1,6,9H2,2-4H3,(H,19,22)/b14-10+/t12-/m0/s1. The lowest BCUT2D eigenvalue weighted by Crippen LogP contribution is -2.30. The van der Waals surface area contributed by atoms with Gasteiger partial charge in [-0.15, -0.1) is 6.58 Å². The predicted molar refractivity (Wildman–Crippen MR) is 91.8 cm³/mol. The van der Waals surface area contributed by atoms with Gasteiger partial charge in [-0.2, -0.15) is 0 Å². The maximum absolute atomic E-state index is 12.2. The van der Waals surface area contributed by atoms with E-state index in [0.717, 1.165) is 16.9 Å². The Bertz CT molecular complexity index is 682. The Morgan fingerprint density at radius 1 is 1.33 bits per heavy atom. The van der Waals surface area contributed by atoms with Gasteiger partial charge in [0.15, 0.2) is 11.5 Å². The van der Waals surface area contributed by atoms with Gasteiger partial charge in [0.1, 0.15) is 5.70 Å². The first-order valence-corrected chi connectivity index (χ1v) is 7.80. The quantitative estimate of drug-likeness (QED) is 0.474. The van der Waals surface area contributed by atoms with Crippen LogP contribution in [-0.4, -0.2) is 36.6 Å². The average Bonchev–Trinajstić information content (AvgIpc) is 2.83. The molecule has 0 saturated carbocycles. The second-order valence-corrected chi connectivity index (χ2v) is 5.44. The van der Waals surface area contributed by atoms with Crippen molar-refractivity contribution in [2.75, 3.05) is 13.7 Å². The highest BCUT2D eigenvalue weighted by Crippen LogP contribution is 2.30. The second kappa shape index (κ2) is 7.68. The smallest absolute Gasteiger partial charge is 0.329 e. The van der Waals surface area contributed by atoms with Crippen LogP contribution in [0.2, 0.25) is 0 Å². The number of carbonyl (C=O) groups excluding carboxylic acids is 2. The first kappa shape index (κ1) is 17.6. The third-order valence-corrected chi connectivity index (χ3v) is 3.68. The van der Waals surface area contributed by atoms with Crippen molar-refractivity contribution in [2.45, 2.75) is 26.4 Å². The molecule has 24 heavy (non-hydrogen) atoms. The molecule has 0 aliphatic carbocycles. The highest BCUT2D eigenvalue weighted by Gasteiger charge is 2.32. The zero-order chi connectivity index (χ0) is 17.7. The van der Waals surface area contributed by atoms with Crippen LogP contribution in [0.4, 0.5) is 4.79 Å². The van der Waals surface area contributed by atoms with Gasteiger partial charge in [0.25, 0.3) is 5.91 Å². The number of nitrogens with one attached hydrogen (secondary N) is 1. The van der Waals surface area contributed by atoms with Crippen molar-refractivity contribution in [2.24, 2.45) is 0 Å². The van der Waals surface area contributed by atoms with Gasteiger partial charge >= 0.3 is 6.03 Å². The van der Waals surface area contributed by atoms with Crippen molar-refractivity contribution in [3.8, 4) is 11.5 Å². The predicted octanol–water partition coefficient (Wildman–Crippen LogP) is 2.95. The van der Waals surface area contributed by atoms with Gasteiger partial charge in [0.05, 0.1) is 13.2 Å². The first-order valence-electron chi connectivity index (χ1n) is 7.80. The summed E-state index contributed by atoms with van der Waals surface area (Å²) in [5, 5.41) is 2.56. The zero-order valence-corrected chi connectivity index (χ0v) is 14.2. The van der Waals surface area contributed by atoms with E-state index in [1.165, 1.54) is 6.08 Å². The largest absolute Gasteiger partial charge is 0.493 e. The number of rotatable bonds is 7. The highest BCUT2D eigenvalue weighted by molar-refractivity contribution is 6.14. The van der Waals surface area contributed by atoms with Crippen LogP contribution in [0.5, 0.6) is 11.5 Å². The molecule has 1 aliphatic rings. The van der Waals surface area contributed by atoms with Crippen molar-refractivity contribution in [1.82, 2.24) is 10.2 Å². The molecule has 1 aliphatic heterocycles. The van der Waals surface area contributed by atoms with Crippen LogP contribution in [0.15, 0.2) is 36.6 Å². The highest BCUT2D eigenvalue weighted by atomic mass is 16.5. The molecule has 1 atom stereocenters. The van der Waals surface area contributed by atoms with Crippen molar-refractivity contribution < 1.29 is 19.1 Å². The summed E-state index contributed by atoms with van der Waals surface area (Å²) in [4.78, 5) is 25.0. The fraction of sp³-hybridized carbons (Fsp3) is 0.333. The number of imide groups is 1. The van der Waals surface area contributed by atoms with E-state index in [2.05, 4.69) is 11.9 Å². The van der Waals surface area contributed by atoms with Gasteiger partial charge in [-0.1, -0.05) is 19.1 Å². The third kappa shape index (κ3) is 3.76. The molecule has 0 radical (unpaired) electrons. The molecule has 0 aromatic heterocycles. The normalized spacial score (nSPS) is 17.0. The number of hydrogen-bond donors (Lipinski definition) is 1. The van der Waals surface area contributed by atoms with E-state index in [0.29, 0.717) is 11.5 Å². The van der Waals surface area contributed by atoms with Crippen molar-refractivity contribution >= 4 is 18.0 Å². The number of amides is 3. The Labute approximate surface area is 141 Å². The second-order valence-electron chi connectivity index (χ2n) is 5.44. The van der Waals surface area contributed by atoms with Gasteiger partial charge in [-0.3, -0.25) is 9.69 Å². The fourth-order valence-electron chi connectivity index (χ4n) is 2.20. The van der Waals surface area contributed by atoms with Crippen molar-refractivity contribution in [1.29, 1.82) is 0 Å². The molecule has 0 bridgehead atoms. The number of nitrogens with zero attached hydrogens (tertiary/aromatic N) is 1. The Balaban J connectivity index is 2.25. The van der Waals surface area contributed by atoms with Crippen LogP contribution in [0.25, 0.3) is 6.08 Å². The zero-order valence-electron chi connectivity index (χ0n) is 14.2. The molecule has 2 rings (SSSR count). The van der Waals surface area contributed by atoms with E-state index < -0.39 is 6.03 Å².